The molecule has 2 rings (SSSR count). The largest absolute Gasteiger partial charge is 0.387 e. The van der Waals surface area contributed by atoms with Crippen molar-refractivity contribution in [2.45, 2.75) is 46.1 Å². The van der Waals surface area contributed by atoms with E-state index in [1.807, 2.05) is 0 Å². The third-order valence-electron chi connectivity index (χ3n) is 4.24. The number of aliphatic hydroxyl groups is 1. The van der Waals surface area contributed by atoms with Gasteiger partial charge in [-0.2, -0.15) is 0 Å². The van der Waals surface area contributed by atoms with Gasteiger partial charge in [-0.3, -0.25) is 0 Å². The van der Waals surface area contributed by atoms with E-state index in [4.69, 9.17) is 0 Å². The minimum atomic E-state index is -0.394. The summed E-state index contributed by atoms with van der Waals surface area (Å²) in [5.41, 5.74) is 2.37. The fourth-order valence-corrected chi connectivity index (χ4v) is 2.74. The van der Waals surface area contributed by atoms with E-state index in [1.165, 1.54) is 18.4 Å². The van der Waals surface area contributed by atoms with E-state index in [9.17, 15) is 5.11 Å². The van der Waals surface area contributed by atoms with E-state index in [2.05, 4.69) is 50.4 Å². The van der Waals surface area contributed by atoms with Crippen molar-refractivity contribution in [2.75, 3.05) is 13.1 Å². The van der Waals surface area contributed by atoms with Crippen LogP contribution in [0.5, 0.6) is 0 Å². The second kappa shape index (κ2) is 7.24. The molecule has 0 heterocycles. The minimum Gasteiger partial charge on any atom is -0.387 e. The lowest BCUT2D eigenvalue weighted by molar-refractivity contribution is 0.172. The van der Waals surface area contributed by atoms with Crippen LogP contribution in [0.3, 0.4) is 0 Å². The fraction of sp³-hybridized carbons (Fsp3) is 0.667. The highest BCUT2D eigenvalue weighted by atomic mass is 16.3. The Bertz CT molecular complexity index is 394. The number of hydrogen-bond donors (Lipinski definition) is 2. The summed E-state index contributed by atoms with van der Waals surface area (Å²) in [6.07, 6.45) is 3.49. The lowest BCUT2D eigenvalue weighted by Gasteiger charge is -2.16. The van der Waals surface area contributed by atoms with Crippen molar-refractivity contribution >= 4 is 0 Å². The van der Waals surface area contributed by atoms with Gasteiger partial charge in [-0.15, -0.1) is 0 Å². The molecular weight excluding hydrogens is 246 g/mol. The molecule has 1 saturated carbocycles. The van der Waals surface area contributed by atoms with E-state index in [0.29, 0.717) is 12.5 Å². The fourth-order valence-electron chi connectivity index (χ4n) is 2.74. The molecular formula is C18H29NO. The van der Waals surface area contributed by atoms with E-state index in [-0.39, 0.29) is 0 Å². The van der Waals surface area contributed by atoms with Gasteiger partial charge in [0.05, 0.1) is 6.10 Å². The zero-order chi connectivity index (χ0) is 14.5. The highest BCUT2D eigenvalue weighted by Gasteiger charge is 2.27. The van der Waals surface area contributed by atoms with Gasteiger partial charge in [0.15, 0.2) is 0 Å². The first kappa shape index (κ1) is 15.5. The normalized spacial score (nSPS) is 18.2. The molecule has 20 heavy (non-hydrogen) atoms. The average Bonchev–Trinajstić information content (AvgIpc) is 3.23. The molecule has 1 aromatic carbocycles. The highest BCUT2D eigenvalue weighted by Crippen LogP contribution is 2.36. The molecule has 0 radical (unpaired) electrons. The van der Waals surface area contributed by atoms with Gasteiger partial charge in [0.25, 0.3) is 0 Å². The van der Waals surface area contributed by atoms with Gasteiger partial charge in [0, 0.05) is 6.54 Å². The number of benzene rings is 1. The number of hydrogen-bond acceptors (Lipinski definition) is 2. The summed E-state index contributed by atoms with van der Waals surface area (Å²) >= 11 is 0. The zero-order valence-electron chi connectivity index (χ0n) is 13.1. The number of rotatable bonds is 8. The van der Waals surface area contributed by atoms with Crippen LogP contribution in [0.25, 0.3) is 0 Å². The molecule has 1 fully saturated rings. The molecule has 0 amide bonds. The zero-order valence-corrected chi connectivity index (χ0v) is 13.1. The predicted octanol–water partition coefficient (Wildman–Crippen LogP) is 3.55. The van der Waals surface area contributed by atoms with Crippen molar-refractivity contribution in [1.82, 2.24) is 5.32 Å². The lowest BCUT2D eigenvalue weighted by Crippen LogP contribution is -2.27. The Balaban J connectivity index is 1.74. The minimum absolute atomic E-state index is 0.394. The van der Waals surface area contributed by atoms with Gasteiger partial charge < -0.3 is 10.4 Å². The Morgan fingerprint density at radius 2 is 1.75 bits per heavy atom. The Morgan fingerprint density at radius 1 is 1.10 bits per heavy atom. The van der Waals surface area contributed by atoms with Gasteiger partial charge >= 0.3 is 0 Å². The van der Waals surface area contributed by atoms with E-state index >= 15 is 0 Å². The predicted molar refractivity (Wildman–Crippen MR) is 84.7 cm³/mol. The summed E-state index contributed by atoms with van der Waals surface area (Å²) in [6.45, 7) is 8.44. The molecule has 0 bridgehead atoms. The number of nitrogens with one attached hydrogen (secondary N) is 1. The maximum atomic E-state index is 10.2. The summed E-state index contributed by atoms with van der Waals surface area (Å²) in [7, 11) is 0. The molecule has 2 N–H and O–H groups in total. The third-order valence-corrected chi connectivity index (χ3v) is 4.24. The van der Waals surface area contributed by atoms with Gasteiger partial charge in [0.1, 0.15) is 0 Å². The van der Waals surface area contributed by atoms with Gasteiger partial charge in [-0.25, -0.2) is 0 Å². The van der Waals surface area contributed by atoms with Crippen molar-refractivity contribution in [2.24, 2.45) is 17.8 Å². The second-order valence-electron chi connectivity index (χ2n) is 6.83. The van der Waals surface area contributed by atoms with Crippen LogP contribution >= 0.6 is 0 Å². The second-order valence-corrected chi connectivity index (χ2v) is 6.83. The maximum Gasteiger partial charge on any atom is 0.0914 e. The molecule has 1 aliphatic carbocycles. The first-order chi connectivity index (χ1) is 9.56. The Hall–Kier alpha value is -0.860. The summed E-state index contributed by atoms with van der Waals surface area (Å²) < 4.78 is 0. The van der Waals surface area contributed by atoms with E-state index in [1.54, 1.807) is 0 Å². The standard InChI is InChI=1S/C18H29NO/c1-13(2)10-15-4-6-17(7-5-15)18(20)12-19-11-14(3)16-8-9-16/h4-7,13-14,16,18-20H,8-12H2,1-3H3. The maximum absolute atomic E-state index is 10.2. The third kappa shape index (κ3) is 4.92. The molecule has 0 saturated heterocycles. The Kier molecular flexibility index (Phi) is 5.62. The molecule has 2 unspecified atom stereocenters. The molecule has 2 atom stereocenters. The molecule has 112 valence electrons. The average molecular weight is 275 g/mol. The summed E-state index contributed by atoms with van der Waals surface area (Å²) in [6, 6.07) is 8.42. The van der Waals surface area contributed by atoms with E-state index in [0.717, 1.165) is 30.4 Å². The first-order valence-corrected chi connectivity index (χ1v) is 8.04. The monoisotopic (exact) mass is 275 g/mol. The SMILES string of the molecule is CC(C)Cc1ccc(C(O)CNCC(C)C2CC2)cc1. The molecule has 0 aromatic heterocycles. The van der Waals surface area contributed by atoms with Crippen LogP contribution in [0.4, 0.5) is 0 Å². The van der Waals surface area contributed by atoms with Gasteiger partial charge in [0.2, 0.25) is 0 Å². The molecule has 1 aliphatic rings. The quantitative estimate of drug-likeness (QED) is 0.760. The smallest absolute Gasteiger partial charge is 0.0914 e. The molecule has 2 heteroatoms. The molecule has 0 spiro atoms. The van der Waals surface area contributed by atoms with Crippen LogP contribution in [0.2, 0.25) is 0 Å². The van der Waals surface area contributed by atoms with Gasteiger partial charge in [-0.1, -0.05) is 45.0 Å². The van der Waals surface area contributed by atoms with Gasteiger partial charge in [-0.05, 0) is 54.7 Å². The van der Waals surface area contributed by atoms with Crippen molar-refractivity contribution in [3.8, 4) is 0 Å². The Morgan fingerprint density at radius 3 is 2.30 bits per heavy atom. The number of aliphatic hydroxyl groups excluding tert-OH is 1. The van der Waals surface area contributed by atoms with Crippen LogP contribution in [0.1, 0.15) is 50.8 Å². The summed E-state index contributed by atoms with van der Waals surface area (Å²) in [4.78, 5) is 0. The van der Waals surface area contributed by atoms with Crippen molar-refractivity contribution in [3.63, 3.8) is 0 Å². The van der Waals surface area contributed by atoms with Crippen LogP contribution in [-0.2, 0) is 6.42 Å². The van der Waals surface area contributed by atoms with Crippen molar-refractivity contribution in [1.29, 1.82) is 0 Å². The van der Waals surface area contributed by atoms with Crippen LogP contribution in [0.15, 0.2) is 24.3 Å². The topological polar surface area (TPSA) is 32.3 Å². The first-order valence-electron chi connectivity index (χ1n) is 8.04. The molecule has 0 aliphatic heterocycles. The van der Waals surface area contributed by atoms with Crippen molar-refractivity contribution < 1.29 is 5.11 Å². The van der Waals surface area contributed by atoms with Crippen molar-refractivity contribution in [3.05, 3.63) is 35.4 Å². The van der Waals surface area contributed by atoms with Crippen LogP contribution < -0.4 is 5.32 Å². The lowest BCUT2D eigenvalue weighted by atomic mass is 10.00. The van der Waals surface area contributed by atoms with Crippen LogP contribution in [0, 0.1) is 17.8 Å². The molecule has 2 nitrogen and oxygen atoms in total. The molecule has 1 aromatic rings. The Labute approximate surface area is 123 Å². The summed E-state index contributed by atoms with van der Waals surface area (Å²) in [5.74, 6) is 2.35. The summed E-state index contributed by atoms with van der Waals surface area (Å²) in [5, 5.41) is 13.6. The van der Waals surface area contributed by atoms with E-state index < -0.39 is 6.10 Å². The highest BCUT2D eigenvalue weighted by molar-refractivity contribution is 5.24. The van der Waals surface area contributed by atoms with Crippen LogP contribution in [-0.4, -0.2) is 18.2 Å².